The van der Waals surface area contributed by atoms with Crippen LogP contribution in [-0.4, -0.2) is 23.5 Å². The molecule has 1 N–H and O–H groups in total. The van der Waals surface area contributed by atoms with Gasteiger partial charge in [0.1, 0.15) is 5.76 Å². The number of ether oxygens (including phenoxy) is 1. The highest BCUT2D eigenvalue weighted by Crippen LogP contribution is 2.22. The molecule has 1 heterocycles. The van der Waals surface area contributed by atoms with E-state index in [1.807, 2.05) is 54.6 Å². The smallest absolute Gasteiger partial charge is 0.361 e. The maximum absolute atomic E-state index is 12.3. The number of rotatable bonds is 6. The lowest BCUT2D eigenvalue weighted by Crippen LogP contribution is -2.21. The summed E-state index contributed by atoms with van der Waals surface area (Å²) in [4.78, 5) is 28.5. The van der Waals surface area contributed by atoms with Crippen LogP contribution in [0.5, 0.6) is 0 Å². The van der Waals surface area contributed by atoms with Gasteiger partial charge in [0.15, 0.2) is 12.3 Å². The monoisotopic (exact) mass is 378 g/mol. The van der Waals surface area contributed by atoms with Crippen LogP contribution >= 0.6 is 0 Å². The van der Waals surface area contributed by atoms with Crippen molar-refractivity contribution in [2.75, 3.05) is 11.9 Å². The average molecular weight is 378 g/mol. The molecule has 0 spiro atoms. The van der Waals surface area contributed by atoms with Gasteiger partial charge in [-0.2, -0.15) is 0 Å². The van der Waals surface area contributed by atoms with Crippen molar-refractivity contribution in [3.05, 3.63) is 71.6 Å². The lowest BCUT2D eigenvalue weighted by atomic mass is 10.0. The van der Waals surface area contributed by atoms with Gasteiger partial charge in [-0.25, -0.2) is 9.78 Å². The van der Waals surface area contributed by atoms with E-state index in [1.54, 1.807) is 6.92 Å². The van der Waals surface area contributed by atoms with Crippen LogP contribution in [0.4, 0.5) is 5.69 Å². The van der Waals surface area contributed by atoms with Gasteiger partial charge in [-0.15, -0.1) is 0 Å². The van der Waals surface area contributed by atoms with Crippen molar-refractivity contribution in [3.8, 4) is 11.5 Å². The third-order valence-electron chi connectivity index (χ3n) is 4.21. The molecule has 1 aromatic heterocycles. The fourth-order valence-electron chi connectivity index (χ4n) is 2.64. The number of oxazole rings is 1. The zero-order valence-corrected chi connectivity index (χ0v) is 16.1. The Morgan fingerprint density at radius 2 is 1.75 bits per heavy atom. The van der Waals surface area contributed by atoms with Crippen molar-refractivity contribution in [3.63, 3.8) is 0 Å². The molecule has 2 aromatic carbocycles. The summed E-state index contributed by atoms with van der Waals surface area (Å²) in [6, 6.07) is 16.8. The van der Waals surface area contributed by atoms with Crippen LogP contribution in [0.25, 0.3) is 11.5 Å². The predicted octanol–water partition coefficient (Wildman–Crippen LogP) is 4.57. The van der Waals surface area contributed by atoms with E-state index in [0.29, 0.717) is 23.3 Å². The van der Waals surface area contributed by atoms with Crippen LogP contribution < -0.4 is 5.32 Å². The average Bonchev–Trinajstić information content (AvgIpc) is 3.09. The van der Waals surface area contributed by atoms with Gasteiger partial charge in [0.2, 0.25) is 5.89 Å². The standard InChI is InChI=1S/C22H22N2O4/c1-14(2)16-9-11-18(12-10-16)23-19(25)13-27-22(26)20-15(3)28-21(24-20)17-7-5-4-6-8-17/h4-12,14H,13H2,1-3H3,(H,23,25). The Morgan fingerprint density at radius 3 is 2.39 bits per heavy atom. The van der Waals surface area contributed by atoms with E-state index < -0.39 is 18.5 Å². The van der Waals surface area contributed by atoms with Crippen molar-refractivity contribution >= 4 is 17.6 Å². The number of hydrogen-bond donors (Lipinski definition) is 1. The second-order valence-electron chi connectivity index (χ2n) is 6.69. The third-order valence-corrected chi connectivity index (χ3v) is 4.21. The maximum Gasteiger partial charge on any atom is 0.361 e. The van der Waals surface area contributed by atoms with Crippen molar-refractivity contribution in [1.29, 1.82) is 0 Å². The van der Waals surface area contributed by atoms with Crippen LogP contribution in [0.2, 0.25) is 0 Å². The molecule has 6 nitrogen and oxygen atoms in total. The summed E-state index contributed by atoms with van der Waals surface area (Å²) in [7, 11) is 0. The summed E-state index contributed by atoms with van der Waals surface area (Å²) < 4.78 is 10.6. The first-order valence-corrected chi connectivity index (χ1v) is 9.04. The molecular weight excluding hydrogens is 356 g/mol. The SMILES string of the molecule is Cc1oc(-c2ccccc2)nc1C(=O)OCC(=O)Nc1ccc(C(C)C)cc1. The number of benzene rings is 2. The van der Waals surface area contributed by atoms with Crippen LogP contribution in [-0.2, 0) is 9.53 Å². The molecule has 3 rings (SSSR count). The Bertz CT molecular complexity index is 960. The van der Waals surface area contributed by atoms with Gasteiger partial charge in [0.25, 0.3) is 5.91 Å². The highest BCUT2D eigenvalue weighted by Gasteiger charge is 2.20. The molecule has 0 aliphatic heterocycles. The number of esters is 1. The van der Waals surface area contributed by atoms with Crippen molar-refractivity contribution in [2.45, 2.75) is 26.7 Å². The van der Waals surface area contributed by atoms with Crippen LogP contribution in [0.1, 0.15) is 41.6 Å². The van der Waals surface area contributed by atoms with E-state index in [2.05, 4.69) is 24.1 Å². The second-order valence-corrected chi connectivity index (χ2v) is 6.69. The van der Waals surface area contributed by atoms with Gasteiger partial charge in [-0.3, -0.25) is 4.79 Å². The zero-order chi connectivity index (χ0) is 20.1. The topological polar surface area (TPSA) is 81.4 Å². The molecular formula is C22H22N2O4. The summed E-state index contributed by atoms with van der Waals surface area (Å²) in [5, 5.41) is 2.70. The predicted molar refractivity (Wildman–Crippen MR) is 106 cm³/mol. The minimum absolute atomic E-state index is 0.0629. The fourth-order valence-corrected chi connectivity index (χ4v) is 2.64. The van der Waals surface area contributed by atoms with Gasteiger partial charge in [0.05, 0.1) is 0 Å². The van der Waals surface area contributed by atoms with Crippen LogP contribution in [0.15, 0.2) is 59.0 Å². The van der Waals surface area contributed by atoms with Crippen molar-refractivity contribution in [1.82, 2.24) is 4.98 Å². The molecule has 0 atom stereocenters. The first-order chi connectivity index (χ1) is 13.4. The normalized spacial score (nSPS) is 10.7. The lowest BCUT2D eigenvalue weighted by molar-refractivity contribution is -0.119. The number of carbonyl (C=O) groups excluding carboxylic acids is 2. The Morgan fingerprint density at radius 1 is 1.07 bits per heavy atom. The molecule has 144 valence electrons. The molecule has 0 radical (unpaired) electrons. The molecule has 0 saturated heterocycles. The van der Waals surface area contributed by atoms with E-state index in [4.69, 9.17) is 9.15 Å². The zero-order valence-electron chi connectivity index (χ0n) is 16.1. The van der Waals surface area contributed by atoms with Crippen LogP contribution in [0.3, 0.4) is 0 Å². The highest BCUT2D eigenvalue weighted by molar-refractivity contribution is 5.95. The molecule has 3 aromatic rings. The minimum atomic E-state index is -0.700. The Hall–Kier alpha value is -3.41. The summed E-state index contributed by atoms with van der Waals surface area (Å²) in [6.07, 6.45) is 0. The Labute approximate surface area is 163 Å². The number of carbonyl (C=O) groups is 2. The van der Waals surface area contributed by atoms with E-state index in [9.17, 15) is 9.59 Å². The lowest BCUT2D eigenvalue weighted by Gasteiger charge is -2.08. The van der Waals surface area contributed by atoms with Crippen LogP contribution in [0, 0.1) is 6.92 Å². The van der Waals surface area contributed by atoms with Gasteiger partial charge >= 0.3 is 5.97 Å². The number of amides is 1. The van der Waals surface area contributed by atoms with E-state index in [0.717, 1.165) is 5.56 Å². The summed E-state index contributed by atoms with van der Waals surface area (Å²) in [5.41, 5.74) is 2.65. The molecule has 0 fully saturated rings. The molecule has 1 amide bonds. The Balaban J connectivity index is 1.58. The third kappa shape index (κ3) is 4.65. The van der Waals surface area contributed by atoms with E-state index in [-0.39, 0.29) is 5.69 Å². The quantitative estimate of drug-likeness (QED) is 0.636. The first kappa shape index (κ1) is 19.4. The second kappa shape index (κ2) is 8.52. The first-order valence-electron chi connectivity index (χ1n) is 9.04. The van der Waals surface area contributed by atoms with Gasteiger partial charge in [0, 0.05) is 11.3 Å². The van der Waals surface area contributed by atoms with Gasteiger partial charge in [-0.05, 0) is 42.7 Å². The van der Waals surface area contributed by atoms with E-state index >= 15 is 0 Å². The van der Waals surface area contributed by atoms with Crippen molar-refractivity contribution in [2.24, 2.45) is 0 Å². The summed E-state index contributed by atoms with van der Waals surface area (Å²) in [6.45, 7) is 5.42. The van der Waals surface area contributed by atoms with Gasteiger partial charge < -0.3 is 14.5 Å². The molecule has 0 unspecified atom stereocenters. The minimum Gasteiger partial charge on any atom is -0.451 e. The van der Waals surface area contributed by atoms with E-state index in [1.165, 1.54) is 5.56 Å². The van der Waals surface area contributed by atoms with Gasteiger partial charge in [-0.1, -0.05) is 44.2 Å². The molecule has 6 heteroatoms. The number of aromatic nitrogens is 1. The maximum atomic E-state index is 12.3. The largest absolute Gasteiger partial charge is 0.451 e. The molecule has 0 bridgehead atoms. The molecule has 0 aliphatic carbocycles. The fraction of sp³-hybridized carbons (Fsp3) is 0.227. The number of hydrogen-bond acceptors (Lipinski definition) is 5. The number of nitrogens with one attached hydrogen (secondary N) is 1. The van der Waals surface area contributed by atoms with Crippen molar-refractivity contribution < 1.29 is 18.7 Å². The Kier molecular flexibility index (Phi) is 5.89. The number of nitrogens with zero attached hydrogens (tertiary/aromatic N) is 1. The summed E-state index contributed by atoms with van der Waals surface area (Å²) >= 11 is 0. The summed E-state index contributed by atoms with van der Waals surface area (Å²) in [5.74, 6) is -0.0331. The molecule has 28 heavy (non-hydrogen) atoms. The number of aryl methyl sites for hydroxylation is 1. The number of anilines is 1. The highest BCUT2D eigenvalue weighted by atomic mass is 16.5. The molecule has 0 aliphatic rings. The molecule has 0 saturated carbocycles.